The van der Waals surface area contributed by atoms with Gasteiger partial charge in [0, 0.05) is 17.7 Å². The summed E-state index contributed by atoms with van der Waals surface area (Å²) in [5.41, 5.74) is 6.73. The van der Waals surface area contributed by atoms with Crippen molar-refractivity contribution in [3.05, 3.63) is 34.9 Å². The highest BCUT2D eigenvalue weighted by atomic mass is 32.2. The van der Waals surface area contributed by atoms with Gasteiger partial charge in [-0.15, -0.1) is 0 Å². The Morgan fingerprint density at radius 3 is 2.65 bits per heavy atom. The van der Waals surface area contributed by atoms with E-state index >= 15 is 0 Å². The molecule has 3 N–H and O–H groups in total. The summed E-state index contributed by atoms with van der Waals surface area (Å²) in [6.45, 7) is 1.83. The van der Waals surface area contributed by atoms with Crippen LogP contribution in [0.25, 0.3) is 0 Å². The van der Waals surface area contributed by atoms with Gasteiger partial charge in [-0.25, -0.2) is 13.1 Å². The molecule has 0 aliphatic carbocycles. The van der Waals surface area contributed by atoms with Crippen LogP contribution in [0.3, 0.4) is 0 Å². The van der Waals surface area contributed by atoms with Crippen molar-refractivity contribution < 1.29 is 18.0 Å². The highest BCUT2D eigenvalue weighted by Crippen LogP contribution is 2.13. The predicted octanol–water partition coefficient (Wildman–Crippen LogP) is 0.470. The first-order chi connectivity index (χ1) is 9.39. The summed E-state index contributed by atoms with van der Waals surface area (Å²) in [5, 5.41) is 0. The molecular formula is C13H18N2O4S. The molecular weight excluding hydrogens is 280 g/mol. The number of amides is 1. The van der Waals surface area contributed by atoms with Crippen LogP contribution < -0.4 is 10.5 Å². The van der Waals surface area contributed by atoms with Gasteiger partial charge in [-0.3, -0.25) is 9.59 Å². The van der Waals surface area contributed by atoms with Crippen molar-refractivity contribution in [3.8, 4) is 0 Å². The van der Waals surface area contributed by atoms with Gasteiger partial charge in [-0.1, -0.05) is 6.07 Å². The Kier molecular flexibility index (Phi) is 5.84. The van der Waals surface area contributed by atoms with Crippen LogP contribution >= 0.6 is 0 Å². The van der Waals surface area contributed by atoms with Gasteiger partial charge in [-0.05, 0) is 37.5 Å². The Hall–Kier alpha value is -1.73. The van der Waals surface area contributed by atoms with E-state index < -0.39 is 15.9 Å². The number of aryl methyl sites for hydroxylation is 1. The maximum Gasteiger partial charge on any atom is 0.248 e. The average Bonchev–Trinajstić information content (AvgIpc) is 2.43. The second kappa shape index (κ2) is 7.16. The van der Waals surface area contributed by atoms with Crippen LogP contribution in [0.15, 0.2) is 18.2 Å². The number of benzene rings is 1. The van der Waals surface area contributed by atoms with E-state index in [2.05, 4.69) is 4.72 Å². The van der Waals surface area contributed by atoms with Crippen molar-refractivity contribution in [2.75, 3.05) is 12.3 Å². The highest BCUT2D eigenvalue weighted by Gasteiger charge is 2.10. The number of nitrogens with one attached hydrogen (secondary N) is 1. The third-order valence-electron chi connectivity index (χ3n) is 2.86. The highest BCUT2D eigenvalue weighted by molar-refractivity contribution is 7.89. The first-order valence-electron chi connectivity index (χ1n) is 6.25. The van der Waals surface area contributed by atoms with Gasteiger partial charge in [0.25, 0.3) is 0 Å². The summed E-state index contributed by atoms with van der Waals surface area (Å²) >= 11 is 0. The van der Waals surface area contributed by atoms with Crippen LogP contribution in [0.5, 0.6) is 0 Å². The Morgan fingerprint density at radius 2 is 2.10 bits per heavy atom. The van der Waals surface area contributed by atoms with Gasteiger partial charge < -0.3 is 5.73 Å². The molecule has 110 valence electrons. The molecule has 0 radical (unpaired) electrons. The molecule has 1 rings (SSSR count). The van der Waals surface area contributed by atoms with Crippen LogP contribution in [0.1, 0.15) is 39.6 Å². The zero-order valence-electron chi connectivity index (χ0n) is 11.3. The number of hydrogen-bond donors (Lipinski definition) is 2. The summed E-state index contributed by atoms with van der Waals surface area (Å²) in [7, 11) is -3.21. The predicted molar refractivity (Wildman–Crippen MR) is 76.1 cm³/mol. The topological polar surface area (TPSA) is 106 Å². The number of primary amides is 1. The maximum absolute atomic E-state index is 11.3. The van der Waals surface area contributed by atoms with Crippen molar-refractivity contribution in [1.29, 1.82) is 0 Å². The minimum atomic E-state index is -3.21. The average molecular weight is 298 g/mol. The monoisotopic (exact) mass is 298 g/mol. The first-order valence-corrected chi connectivity index (χ1v) is 7.90. The van der Waals surface area contributed by atoms with Gasteiger partial charge in [0.1, 0.15) is 6.29 Å². The van der Waals surface area contributed by atoms with Crippen molar-refractivity contribution >= 4 is 22.2 Å². The molecule has 0 bridgehead atoms. The van der Waals surface area contributed by atoms with Gasteiger partial charge >= 0.3 is 0 Å². The fourth-order valence-corrected chi connectivity index (χ4v) is 2.40. The lowest BCUT2D eigenvalue weighted by molar-refractivity contribution is 0.0998. The zero-order valence-corrected chi connectivity index (χ0v) is 12.1. The quantitative estimate of drug-likeness (QED) is 0.537. The fraction of sp³-hybridized carbons (Fsp3) is 0.385. The van der Waals surface area contributed by atoms with Crippen LogP contribution in [0.2, 0.25) is 0 Å². The van der Waals surface area contributed by atoms with Crippen molar-refractivity contribution in [2.45, 2.75) is 19.8 Å². The lowest BCUT2D eigenvalue weighted by Crippen LogP contribution is -2.26. The lowest BCUT2D eigenvalue weighted by Gasteiger charge is -2.08. The second-order valence-corrected chi connectivity index (χ2v) is 6.40. The minimum Gasteiger partial charge on any atom is -0.366 e. The van der Waals surface area contributed by atoms with Crippen molar-refractivity contribution in [3.63, 3.8) is 0 Å². The molecule has 1 aromatic carbocycles. The van der Waals surface area contributed by atoms with Crippen LogP contribution in [0.4, 0.5) is 0 Å². The summed E-state index contributed by atoms with van der Waals surface area (Å²) < 4.78 is 25.0. The molecule has 0 fully saturated rings. The van der Waals surface area contributed by atoms with Gasteiger partial charge in [0.2, 0.25) is 15.9 Å². The van der Waals surface area contributed by atoms with E-state index in [4.69, 9.17) is 5.73 Å². The largest absolute Gasteiger partial charge is 0.366 e. The number of hydrogen-bond acceptors (Lipinski definition) is 4. The van der Waals surface area contributed by atoms with E-state index in [0.29, 0.717) is 35.8 Å². The van der Waals surface area contributed by atoms with E-state index in [1.54, 1.807) is 13.0 Å². The summed E-state index contributed by atoms with van der Waals surface area (Å²) in [6.07, 6.45) is 1.67. The smallest absolute Gasteiger partial charge is 0.248 e. The number of carbonyl (C=O) groups is 2. The number of sulfonamides is 1. The van der Waals surface area contributed by atoms with Crippen LogP contribution in [0, 0.1) is 0 Å². The van der Waals surface area contributed by atoms with Gasteiger partial charge in [0.05, 0.1) is 5.75 Å². The van der Waals surface area contributed by atoms with Crippen LogP contribution in [-0.4, -0.2) is 32.9 Å². The molecule has 1 amide bonds. The van der Waals surface area contributed by atoms with Crippen molar-refractivity contribution in [2.24, 2.45) is 5.73 Å². The molecule has 0 aliphatic rings. The summed E-state index contributed by atoms with van der Waals surface area (Å²) in [5.74, 6) is -0.535. The van der Waals surface area contributed by atoms with E-state index in [-0.39, 0.29) is 12.3 Å². The number of carbonyl (C=O) groups excluding carboxylic acids is 2. The maximum atomic E-state index is 11.3. The lowest BCUT2D eigenvalue weighted by atomic mass is 10.00. The molecule has 0 saturated heterocycles. The van der Waals surface area contributed by atoms with E-state index in [1.165, 1.54) is 12.1 Å². The second-order valence-electron chi connectivity index (χ2n) is 4.30. The molecule has 0 unspecified atom stereocenters. The fourth-order valence-electron chi connectivity index (χ4n) is 1.74. The van der Waals surface area contributed by atoms with Gasteiger partial charge in [0.15, 0.2) is 0 Å². The van der Waals surface area contributed by atoms with Gasteiger partial charge in [-0.2, -0.15) is 0 Å². The minimum absolute atomic E-state index is 0.0279. The number of rotatable bonds is 8. The standard InChI is InChI=1S/C13H18N2O4S/c1-2-20(18,19)15-7-3-4-11-8-10(9-16)5-6-12(11)13(14)17/h5-6,8-9,15H,2-4,7H2,1H3,(H2,14,17). The first kappa shape index (κ1) is 16.3. The molecule has 0 aromatic heterocycles. The molecule has 0 saturated carbocycles. The molecule has 20 heavy (non-hydrogen) atoms. The molecule has 7 heteroatoms. The molecule has 0 atom stereocenters. The molecule has 0 aliphatic heterocycles. The molecule has 0 heterocycles. The molecule has 0 spiro atoms. The Balaban J connectivity index is 2.71. The van der Waals surface area contributed by atoms with E-state index in [9.17, 15) is 18.0 Å². The normalized spacial score (nSPS) is 11.2. The number of nitrogens with two attached hydrogens (primary N) is 1. The summed E-state index contributed by atoms with van der Waals surface area (Å²) in [6, 6.07) is 4.63. The SMILES string of the molecule is CCS(=O)(=O)NCCCc1cc(C=O)ccc1C(N)=O. The third kappa shape index (κ3) is 4.75. The van der Waals surface area contributed by atoms with E-state index in [0.717, 1.165) is 0 Å². The Morgan fingerprint density at radius 1 is 1.40 bits per heavy atom. The summed E-state index contributed by atoms with van der Waals surface area (Å²) in [4.78, 5) is 22.0. The number of aldehydes is 1. The Bertz CT molecular complexity index is 596. The third-order valence-corrected chi connectivity index (χ3v) is 4.26. The van der Waals surface area contributed by atoms with Crippen molar-refractivity contribution in [1.82, 2.24) is 4.72 Å². The Labute approximate surface area is 118 Å². The van der Waals surface area contributed by atoms with Crippen LogP contribution in [-0.2, 0) is 16.4 Å². The van der Waals surface area contributed by atoms with E-state index in [1.807, 2.05) is 0 Å². The molecule has 1 aromatic rings. The zero-order chi connectivity index (χ0) is 15.2. The molecule has 6 nitrogen and oxygen atoms in total.